The molecule has 190 valence electrons. The number of hydrogen-bond donors (Lipinski definition) is 0. The lowest BCUT2D eigenvalue weighted by molar-refractivity contribution is 0.670. The smallest absolute Gasteiger partial charge is 0.143 e. The van der Waals surface area contributed by atoms with Gasteiger partial charge in [0.15, 0.2) is 0 Å². The number of pyridine rings is 2. The van der Waals surface area contributed by atoms with Gasteiger partial charge in [-0.25, -0.2) is 0 Å². The molecule has 8 aromatic rings. The Morgan fingerprint density at radius 1 is 0.463 bits per heavy atom. The van der Waals surface area contributed by atoms with Crippen LogP contribution in [0.15, 0.2) is 138 Å². The molecule has 3 heterocycles. The Morgan fingerprint density at radius 3 is 1.98 bits per heavy atom. The van der Waals surface area contributed by atoms with Gasteiger partial charge in [0.2, 0.25) is 0 Å². The fourth-order valence-corrected chi connectivity index (χ4v) is 6.53. The molecular weight excluding hydrogens is 500 g/mol. The molecule has 1 aliphatic rings. The summed E-state index contributed by atoms with van der Waals surface area (Å²) in [5, 5.41) is 2.27. The van der Waals surface area contributed by atoms with Gasteiger partial charge in [-0.3, -0.25) is 9.97 Å². The van der Waals surface area contributed by atoms with Gasteiger partial charge in [0, 0.05) is 39.9 Å². The summed E-state index contributed by atoms with van der Waals surface area (Å²) < 4.78 is 6.44. The lowest BCUT2D eigenvalue weighted by Crippen LogP contribution is -2.00. The van der Waals surface area contributed by atoms with E-state index in [0.29, 0.717) is 0 Å². The third-order valence-electron chi connectivity index (χ3n) is 8.35. The standard InChI is InChI=1S/C38H22N2O/c1-3-11-27-25(9-1)26-10-2-4-12-28(26)33-22-40-34-16-8-20-39-37(34)36(33)30-19-18-23(21-32(27)30)24-14-7-15-31-29-13-5-6-17-35(29)41-38(24)31/h1-22H. The second-order valence-electron chi connectivity index (χ2n) is 10.6. The SMILES string of the molecule is c1ccc2c(c1)-c1ccccc1-c1cnc3cccnc3c1-c1ccc(-c3cccc4c3oc3ccccc34)cc1-2. The van der Waals surface area contributed by atoms with Crippen LogP contribution < -0.4 is 0 Å². The number of furan rings is 1. The highest BCUT2D eigenvalue weighted by Crippen LogP contribution is 2.50. The van der Waals surface area contributed by atoms with Crippen molar-refractivity contribution in [3.8, 4) is 55.6 Å². The van der Waals surface area contributed by atoms with Gasteiger partial charge in [-0.1, -0.05) is 97.1 Å². The summed E-state index contributed by atoms with van der Waals surface area (Å²) in [4.78, 5) is 9.70. The highest BCUT2D eigenvalue weighted by molar-refractivity contribution is 6.12. The zero-order valence-corrected chi connectivity index (χ0v) is 22.0. The minimum atomic E-state index is 0.889. The van der Waals surface area contributed by atoms with Crippen molar-refractivity contribution in [2.75, 3.05) is 0 Å². The lowest BCUT2D eigenvalue weighted by atomic mass is 9.80. The molecule has 0 saturated heterocycles. The summed E-state index contributed by atoms with van der Waals surface area (Å²) in [7, 11) is 0. The number of nitrogens with zero attached hydrogens (tertiary/aromatic N) is 2. The van der Waals surface area contributed by atoms with Crippen LogP contribution in [-0.2, 0) is 0 Å². The monoisotopic (exact) mass is 522 g/mol. The summed E-state index contributed by atoms with van der Waals surface area (Å²) in [5.41, 5.74) is 15.1. The summed E-state index contributed by atoms with van der Waals surface area (Å²) in [6, 6.07) is 42.8. The van der Waals surface area contributed by atoms with Crippen molar-refractivity contribution in [1.29, 1.82) is 0 Å². The fraction of sp³-hybridized carbons (Fsp3) is 0. The largest absolute Gasteiger partial charge is 0.455 e. The number of hydrogen-bond acceptors (Lipinski definition) is 3. The molecule has 5 aromatic carbocycles. The minimum Gasteiger partial charge on any atom is -0.455 e. The Balaban J connectivity index is 1.41. The van der Waals surface area contributed by atoms with E-state index in [1.165, 1.54) is 22.3 Å². The van der Waals surface area contributed by atoms with Crippen LogP contribution in [0.25, 0.3) is 88.6 Å². The highest BCUT2D eigenvalue weighted by atomic mass is 16.3. The van der Waals surface area contributed by atoms with Gasteiger partial charge in [-0.15, -0.1) is 0 Å². The third-order valence-corrected chi connectivity index (χ3v) is 8.35. The van der Waals surface area contributed by atoms with Gasteiger partial charge in [0.1, 0.15) is 11.2 Å². The number of aromatic nitrogens is 2. The molecule has 0 spiro atoms. The second kappa shape index (κ2) is 8.48. The van der Waals surface area contributed by atoms with Crippen molar-refractivity contribution in [2.45, 2.75) is 0 Å². The molecule has 0 saturated carbocycles. The first kappa shape index (κ1) is 22.3. The number of fused-ring (bicyclic) bond motifs is 13. The number of rotatable bonds is 1. The van der Waals surface area contributed by atoms with E-state index in [2.05, 4.69) is 97.1 Å². The van der Waals surface area contributed by atoms with Crippen LogP contribution in [0.5, 0.6) is 0 Å². The van der Waals surface area contributed by atoms with Crippen LogP contribution in [0.1, 0.15) is 0 Å². The van der Waals surface area contributed by atoms with E-state index in [-0.39, 0.29) is 0 Å². The van der Waals surface area contributed by atoms with E-state index in [0.717, 1.165) is 66.4 Å². The molecule has 9 rings (SSSR count). The molecule has 0 aliphatic heterocycles. The van der Waals surface area contributed by atoms with E-state index in [1.54, 1.807) is 0 Å². The van der Waals surface area contributed by atoms with Crippen LogP contribution in [0, 0.1) is 0 Å². The second-order valence-corrected chi connectivity index (χ2v) is 10.6. The van der Waals surface area contributed by atoms with Crippen molar-refractivity contribution in [1.82, 2.24) is 9.97 Å². The maximum absolute atomic E-state index is 6.44. The molecular formula is C38H22N2O. The molecule has 0 unspecified atom stereocenters. The number of benzene rings is 5. The molecule has 0 atom stereocenters. The predicted molar refractivity (Wildman–Crippen MR) is 168 cm³/mol. The predicted octanol–water partition coefficient (Wildman–Crippen LogP) is 10.2. The molecule has 0 amide bonds. The zero-order valence-electron chi connectivity index (χ0n) is 22.0. The summed E-state index contributed by atoms with van der Waals surface area (Å²) >= 11 is 0. The highest BCUT2D eigenvalue weighted by Gasteiger charge is 2.25. The van der Waals surface area contributed by atoms with Crippen molar-refractivity contribution in [3.05, 3.63) is 134 Å². The summed E-state index contributed by atoms with van der Waals surface area (Å²) in [6.07, 6.45) is 3.87. The molecule has 0 fully saturated rings. The lowest BCUT2D eigenvalue weighted by Gasteiger charge is -2.24. The van der Waals surface area contributed by atoms with E-state index >= 15 is 0 Å². The van der Waals surface area contributed by atoms with E-state index < -0.39 is 0 Å². The fourth-order valence-electron chi connectivity index (χ4n) is 6.53. The first-order chi connectivity index (χ1) is 20.3. The average Bonchev–Trinajstić information content (AvgIpc) is 3.42. The van der Waals surface area contributed by atoms with E-state index in [9.17, 15) is 0 Å². The summed E-state index contributed by atoms with van der Waals surface area (Å²) in [6.45, 7) is 0. The van der Waals surface area contributed by atoms with Gasteiger partial charge in [-0.2, -0.15) is 0 Å². The van der Waals surface area contributed by atoms with Gasteiger partial charge in [-0.05, 0) is 63.2 Å². The summed E-state index contributed by atoms with van der Waals surface area (Å²) in [5.74, 6) is 0. The Morgan fingerprint density at radius 2 is 1.15 bits per heavy atom. The Labute approximate surface area is 236 Å². The Kier molecular flexibility index (Phi) is 4.61. The van der Waals surface area contributed by atoms with E-state index in [1.807, 2.05) is 36.7 Å². The third kappa shape index (κ3) is 3.20. The first-order valence-corrected chi connectivity index (χ1v) is 13.8. The first-order valence-electron chi connectivity index (χ1n) is 13.8. The molecule has 0 bridgehead atoms. The minimum absolute atomic E-state index is 0.889. The molecule has 41 heavy (non-hydrogen) atoms. The molecule has 3 aromatic heterocycles. The number of para-hydroxylation sites is 2. The Hall–Kier alpha value is -5.54. The van der Waals surface area contributed by atoms with Crippen LogP contribution in [-0.4, -0.2) is 9.97 Å². The van der Waals surface area contributed by atoms with Crippen LogP contribution in [0.2, 0.25) is 0 Å². The topological polar surface area (TPSA) is 38.9 Å². The quantitative estimate of drug-likeness (QED) is 0.215. The molecule has 3 heteroatoms. The van der Waals surface area contributed by atoms with Crippen LogP contribution >= 0.6 is 0 Å². The average molecular weight is 523 g/mol. The van der Waals surface area contributed by atoms with Crippen LogP contribution in [0.3, 0.4) is 0 Å². The maximum Gasteiger partial charge on any atom is 0.143 e. The van der Waals surface area contributed by atoms with Gasteiger partial charge >= 0.3 is 0 Å². The zero-order chi connectivity index (χ0) is 26.9. The van der Waals surface area contributed by atoms with Crippen molar-refractivity contribution in [2.24, 2.45) is 0 Å². The van der Waals surface area contributed by atoms with E-state index in [4.69, 9.17) is 14.4 Å². The van der Waals surface area contributed by atoms with Gasteiger partial charge in [0.25, 0.3) is 0 Å². The van der Waals surface area contributed by atoms with Crippen LogP contribution in [0.4, 0.5) is 0 Å². The maximum atomic E-state index is 6.44. The normalized spacial score (nSPS) is 11.9. The van der Waals surface area contributed by atoms with Gasteiger partial charge in [0.05, 0.1) is 11.0 Å². The molecule has 3 nitrogen and oxygen atoms in total. The van der Waals surface area contributed by atoms with Gasteiger partial charge < -0.3 is 4.42 Å². The molecule has 0 N–H and O–H groups in total. The van der Waals surface area contributed by atoms with Crippen molar-refractivity contribution < 1.29 is 4.42 Å². The Bertz CT molecular complexity index is 2330. The van der Waals surface area contributed by atoms with Crippen molar-refractivity contribution >= 4 is 33.0 Å². The van der Waals surface area contributed by atoms with Crippen molar-refractivity contribution in [3.63, 3.8) is 0 Å². The molecule has 1 aliphatic carbocycles. The molecule has 0 radical (unpaired) electrons.